The molecule has 0 bridgehead atoms. The van der Waals surface area contributed by atoms with Crippen LogP contribution in [0.15, 0.2) is 66.9 Å². The van der Waals surface area contributed by atoms with E-state index in [0.717, 1.165) is 52.5 Å². The Kier molecular flexibility index (Phi) is 6.42. The predicted octanol–water partition coefficient (Wildman–Crippen LogP) is 4.54. The number of carbonyl (C=O) groups excluding carboxylic acids is 1. The van der Waals surface area contributed by atoms with Crippen molar-refractivity contribution in [2.45, 2.75) is 39.5 Å². The molecule has 0 radical (unpaired) electrons. The molecule has 1 amide bonds. The number of aromatic nitrogens is 3. The van der Waals surface area contributed by atoms with Gasteiger partial charge in [-0.2, -0.15) is 0 Å². The lowest BCUT2D eigenvalue weighted by Gasteiger charge is -2.36. The Morgan fingerprint density at radius 1 is 1.00 bits per heavy atom. The van der Waals surface area contributed by atoms with Gasteiger partial charge in [0.2, 0.25) is 0 Å². The summed E-state index contributed by atoms with van der Waals surface area (Å²) in [5.74, 6) is 0.807. The number of morpholine rings is 1. The summed E-state index contributed by atoms with van der Waals surface area (Å²) in [7, 11) is 0. The molecule has 2 unspecified atom stereocenters. The number of anilines is 1. The van der Waals surface area contributed by atoms with Crippen LogP contribution in [0.2, 0.25) is 0 Å². The zero-order valence-corrected chi connectivity index (χ0v) is 20.2. The van der Waals surface area contributed by atoms with Crippen molar-refractivity contribution in [2.75, 3.05) is 18.0 Å². The number of benzene rings is 1. The van der Waals surface area contributed by atoms with Gasteiger partial charge in [0.15, 0.2) is 0 Å². The summed E-state index contributed by atoms with van der Waals surface area (Å²) in [6.07, 6.45) is 2.13. The van der Waals surface area contributed by atoms with Gasteiger partial charge in [-0.05, 0) is 63.2 Å². The van der Waals surface area contributed by atoms with Gasteiger partial charge in [-0.25, -0.2) is 9.97 Å². The minimum atomic E-state index is -0.124. The average Bonchev–Trinajstić information content (AvgIpc) is 2.87. The summed E-state index contributed by atoms with van der Waals surface area (Å²) >= 11 is 0. The van der Waals surface area contributed by atoms with Gasteiger partial charge < -0.3 is 15.0 Å². The largest absolute Gasteiger partial charge is 0.372 e. The molecule has 7 nitrogen and oxygen atoms in total. The third kappa shape index (κ3) is 5.30. The molecule has 0 saturated carbocycles. The summed E-state index contributed by atoms with van der Waals surface area (Å²) in [4.78, 5) is 29.0. The molecule has 178 valence electrons. The minimum absolute atomic E-state index is 0.124. The Morgan fingerprint density at radius 3 is 2.51 bits per heavy atom. The lowest BCUT2D eigenvalue weighted by molar-refractivity contribution is -0.00545. The van der Waals surface area contributed by atoms with Gasteiger partial charge in [-0.15, -0.1) is 0 Å². The third-order valence-electron chi connectivity index (χ3n) is 6.11. The monoisotopic (exact) mass is 467 g/mol. The molecule has 1 aromatic carbocycles. The van der Waals surface area contributed by atoms with Gasteiger partial charge in [0.25, 0.3) is 5.91 Å². The van der Waals surface area contributed by atoms with E-state index in [0.29, 0.717) is 12.1 Å². The highest BCUT2D eigenvalue weighted by Crippen LogP contribution is 2.24. The molecular formula is C28H29N5O2. The van der Waals surface area contributed by atoms with E-state index in [-0.39, 0.29) is 18.1 Å². The lowest BCUT2D eigenvalue weighted by Crippen LogP contribution is -2.45. The van der Waals surface area contributed by atoms with Crippen LogP contribution in [0.1, 0.15) is 35.5 Å². The maximum Gasteiger partial charge on any atom is 0.251 e. The number of pyridine rings is 3. The number of aryl methyl sites for hydroxylation is 1. The fraction of sp³-hybridized carbons (Fsp3) is 0.286. The van der Waals surface area contributed by atoms with Crippen molar-refractivity contribution in [1.82, 2.24) is 20.3 Å². The van der Waals surface area contributed by atoms with Crippen molar-refractivity contribution in [2.24, 2.45) is 0 Å². The maximum absolute atomic E-state index is 12.5. The van der Waals surface area contributed by atoms with E-state index >= 15 is 0 Å². The number of fused-ring (bicyclic) bond motifs is 1. The second kappa shape index (κ2) is 9.80. The number of rotatable bonds is 5. The molecule has 1 saturated heterocycles. The van der Waals surface area contributed by atoms with Gasteiger partial charge in [-0.1, -0.05) is 23.8 Å². The van der Waals surface area contributed by atoms with Crippen LogP contribution in [0, 0.1) is 6.92 Å². The van der Waals surface area contributed by atoms with E-state index in [1.807, 2.05) is 67.6 Å². The molecule has 5 rings (SSSR count). The molecule has 1 fully saturated rings. The van der Waals surface area contributed by atoms with E-state index in [1.54, 1.807) is 6.20 Å². The summed E-state index contributed by atoms with van der Waals surface area (Å²) in [5, 5.41) is 3.88. The average molecular weight is 468 g/mol. The smallest absolute Gasteiger partial charge is 0.251 e. The molecule has 35 heavy (non-hydrogen) atoms. The Morgan fingerprint density at radius 2 is 1.74 bits per heavy atom. The summed E-state index contributed by atoms with van der Waals surface area (Å²) in [6.45, 7) is 8.13. The first kappa shape index (κ1) is 22.9. The number of nitrogens with zero attached hydrogens (tertiary/aromatic N) is 4. The lowest BCUT2D eigenvalue weighted by atomic mass is 10.1. The van der Waals surface area contributed by atoms with Crippen LogP contribution in [-0.2, 0) is 11.3 Å². The van der Waals surface area contributed by atoms with E-state index in [4.69, 9.17) is 14.7 Å². The molecule has 4 heterocycles. The van der Waals surface area contributed by atoms with E-state index in [9.17, 15) is 4.79 Å². The molecule has 2 atom stereocenters. The molecule has 1 aliphatic rings. The first-order valence-electron chi connectivity index (χ1n) is 11.9. The second-order valence-corrected chi connectivity index (χ2v) is 9.16. The zero-order valence-electron chi connectivity index (χ0n) is 20.2. The van der Waals surface area contributed by atoms with E-state index in [1.165, 1.54) is 0 Å². The third-order valence-corrected chi connectivity index (χ3v) is 6.11. The van der Waals surface area contributed by atoms with Gasteiger partial charge >= 0.3 is 0 Å². The Labute approximate surface area is 205 Å². The highest BCUT2D eigenvalue weighted by atomic mass is 16.5. The van der Waals surface area contributed by atoms with Crippen molar-refractivity contribution in [3.63, 3.8) is 0 Å². The van der Waals surface area contributed by atoms with Crippen LogP contribution in [-0.4, -0.2) is 46.2 Å². The molecule has 1 N–H and O–H groups in total. The van der Waals surface area contributed by atoms with Crippen LogP contribution in [0.3, 0.4) is 0 Å². The number of hydrogen-bond acceptors (Lipinski definition) is 6. The highest BCUT2D eigenvalue weighted by molar-refractivity contribution is 5.94. The fourth-order valence-corrected chi connectivity index (χ4v) is 4.38. The van der Waals surface area contributed by atoms with Gasteiger partial charge in [0.05, 0.1) is 41.4 Å². The van der Waals surface area contributed by atoms with Crippen LogP contribution in [0.25, 0.3) is 22.3 Å². The SMILES string of the molecule is Cc1ccc(C(=O)NCc2cc3nc(-c4cccc(N5CC(C)OC(C)C5)n4)ccc3cn2)cc1. The molecule has 1 aliphatic heterocycles. The van der Waals surface area contributed by atoms with E-state index < -0.39 is 0 Å². The zero-order chi connectivity index (χ0) is 24.4. The second-order valence-electron chi connectivity index (χ2n) is 9.16. The normalized spacial score (nSPS) is 18.0. The van der Waals surface area contributed by atoms with Crippen molar-refractivity contribution in [3.8, 4) is 11.4 Å². The Bertz CT molecular complexity index is 1350. The van der Waals surface area contributed by atoms with Gasteiger partial charge in [0, 0.05) is 30.2 Å². The molecule has 4 aromatic rings. The fourth-order valence-electron chi connectivity index (χ4n) is 4.38. The van der Waals surface area contributed by atoms with Crippen molar-refractivity contribution in [1.29, 1.82) is 0 Å². The molecule has 0 spiro atoms. The van der Waals surface area contributed by atoms with Crippen LogP contribution >= 0.6 is 0 Å². The van der Waals surface area contributed by atoms with Gasteiger partial charge in [0.1, 0.15) is 5.82 Å². The Hall–Kier alpha value is -3.84. The minimum Gasteiger partial charge on any atom is -0.372 e. The van der Waals surface area contributed by atoms with Crippen LogP contribution in [0.5, 0.6) is 0 Å². The Balaban J connectivity index is 1.35. The number of amides is 1. The van der Waals surface area contributed by atoms with Crippen molar-refractivity contribution in [3.05, 3.63) is 83.7 Å². The summed E-state index contributed by atoms with van der Waals surface area (Å²) < 4.78 is 5.86. The molecular weight excluding hydrogens is 438 g/mol. The number of hydrogen-bond donors (Lipinski definition) is 1. The molecule has 0 aliphatic carbocycles. The maximum atomic E-state index is 12.5. The first-order chi connectivity index (χ1) is 16.9. The highest BCUT2D eigenvalue weighted by Gasteiger charge is 2.23. The molecule has 3 aromatic heterocycles. The van der Waals surface area contributed by atoms with Crippen molar-refractivity contribution < 1.29 is 9.53 Å². The first-order valence-corrected chi connectivity index (χ1v) is 11.9. The number of ether oxygens (including phenoxy) is 1. The predicted molar refractivity (Wildman–Crippen MR) is 137 cm³/mol. The summed E-state index contributed by atoms with van der Waals surface area (Å²) in [6, 6.07) is 19.4. The summed E-state index contributed by atoms with van der Waals surface area (Å²) in [5.41, 5.74) is 4.94. The number of carbonyl (C=O) groups is 1. The van der Waals surface area contributed by atoms with Crippen LogP contribution in [0.4, 0.5) is 5.82 Å². The number of nitrogens with one attached hydrogen (secondary N) is 1. The standard InChI is InChI=1S/C28H29N5O2/c1-18-7-9-21(10-8-18)28(34)30-15-23-13-26-22(14-29-23)11-12-25(31-26)24-5-4-6-27(32-24)33-16-19(2)35-20(3)17-33/h4-14,19-20H,15-17H2,1-3H3,(H,30,34). The van der Waals surface area contributed by atoms with Crippen LogP contribution < -0.4 is 10.2 Å². The molecule has 7 heteroatoms. The van der Waals surface area contributed by atoms with E-state index in [2.05, 4.69) is 29.0 Å². The van der Waals surface area contributed by atoms with Crippen molar-refractivity contribution >= 4 is 22.6 Å². The van der Waals surface area contributed by atoms with Gasteiger partial charge in [-0.3, -0.25) is 9.78 Å². The quantitative estimate of drug-likeness (QED) is 0.464. The topological polar surface area (TPSA) is 80.2 Å².